The lowest BCUT2D eigenvalue weighted by molar-refractivity contribution is -0.128. The fourth-order valence-corrected chi connectivity index (χ4v) is 2.63. The van der Waals surface area contributed by atoms with Gasteiger partial charge in [0.15, 0.2) is 0 Å². The number of nitrogens with zero attached hydrogens (tertiary/aromatic N) is 1. The summed E-state index contributed by atoms with van der Waals surface area (Å²) < 4.78 is 5.25. The molecule has 0 aliphatic carbocycles. The first-order valence-electron chi connectivity index (χ1n) is 6.13. The van der Waals surface area contributed by atoms with Gasteiger partial charge in [-0.2, -0.15) is 0 Å². The molecule has 0 fully saturated rings. The van der Waals surface area contributed by atoms with Gasteiger partial charge in [-0.05, 0) is 23.8 Å². The molecule has 2 aromatic rings. The Hall–Kier alpha value is -2.36. The van der Waals surface area contributed by atoms with Crippen LogP contribution in [0.15, 0.2) is 36.4 Å². The van der Waals surface area contributed by atoms with Gasteiger partial charge in [-0.15, -0.1) is 0 Å². The first-order valence-corrected chi connectivity index (χ1v) is 6.13. The summed E-state index contributed by atoms with van der Waals surface area (Å²) in [6.07, 6.45) is -0.609. The second kappa shape index (κ2) is 4.09. The molecule has 0 aromatic heterocycles. The summed E-state index contributed by atoms with van der Waals surface area (Å²) in [6, 6.07) is 11.2. The lowest BCUT2D eigenvalue weighted by atomic mass is 9.96. The third-order valence-corrected chi connectivity index (χ3v) is 3.47. The first-order chi connectivity index (χ1) is 9.09. The predicted molar refractivity (Wildman–Crippen MR) is 70.9 cm³/mol. The molecular weight excluding hydrogens is 242 g/mol. The average Bonchev–Trinajstić information content (AvgIpc) is 2.37. The summed E-state index contributed by atoms with van der Waals surface area (Å²) in [7, 11) is 0. The van der Waals surface area contributed by atoms with Crippen LogP contribution in [-0.2, 0) is 4.79 Å². The zero-order valence-electron chi connectivity index (χ0n) is 10.7. The highest BCUT2D eigenvalue weighted by atomic mass is 16.6. The third-order valence-electron chi connectivity index (χ3n) is 3.47. The number of carbonyl (C=O) groups excluding carboxylic acids is 2. The first kappa shape index (κ1) is 11.7. The highest BCUT2D eigenvalue weighted by Gasteiger charge is 2.35. The van der Waals surface area contributed by atoms with Crippen LogP contribution in [0.25, 0.3) is 10.8 Å². The number of hydrogen-bond acceptors (Lipinski definition) is 3. The maximum absolute atomic E-state index is 11.8. The molecule has 1 aliphatic heterocycles. The van der Waals surface area contributed by atoms with E-state index in [1.54, 1.807) is 6.07 Å². The predicted octanol–water partition coefficient (Wildman–Crippen LogP) is 3.26. The maximum Gasteiger partial charge on any atom is 0.422 e. The standard InChI is InChI=1S/C15H13NO3/c1-9-14-12-6-4-3-5-11(12)7-8-13(14)19-15(18)16(9)10(2)17/h3-9H,1-2H3. The molecule has 0 bridgehead atoms. The fourth-order valence-electron chi connectivity index (χ4n) is 2.63. The number of imide groups is 1. The summed E-state index contributed by atoms with van der Waals surface area (Å²) >= 11 is 0. The monoisotopic (exact) mass is 255 g/mol. The lowest BCUT2D eigenvalue weighted by Crippen LogP contribution is -2.42. The Morgan fingerprint density at radius 2 is 1.95 bits per heavy atom. The maximum atomic E-state index is 11.8. The Morgan fingerprint density at radius 3 is 2.68 bits per heavy atom. The Balaban J connectivity index is 2.27. The van der Waals surface area contributed by atoms with Crippen molar-refractivity contribution in [2.75, 3.05) is 0 Å². The minimum atomic E-state index is -0.609. The quantitative estimate of drug-likeness (QED) is 0.725. The van der Waals surface area contributed by atoms with Crippen molar-refractivity contribution < 1.29 is 14.3 Å². The summed E-state index contributed by atoms with van der Waals surface area (Å²) in [5, 5.41) is 2.07. The lowest BCUT2D eigenvalue weighted by Gasteiger charge is -2.32. The minimum absolute atomic E-state index is 0.309. The van der Waals surface area contributed by atoms with Crippen molar-refractivity contribution in [3.05, 3.63) is 42.0 Å². The van der Waals surface area contributed by atoms with E-state index in [-0.39, 0.29) is 11.9 Å². The van der Waals surface area contributed by atoms with E-state index < -0.39 is 6.09 Å². The molecule has 19 heavy (non-hydrogen) atoms. The smallest absolute Gasteiger partial charge is 0.409 e. The number of ether oxygens (including phenoxy) is 1. The van der Waals surface area contributed by atoms with Crippen molar-refractivity contribution in [1.82, 2.24) is 4.90 Å². The molecule has 1 atom stereocenters. The van der Waals surface area contributed by atoms with Crippen molar-refractivity contribution in [2.45, 2.75) is 19.9 Å². The molecule has 96 valence electrons. The van der Waals surface area contributed by atoms with Gasteiger partial charge in [0.2, 0.25) is 5.91 Å². The third kappa shape index (κ3) is 1.68. The molecule has 0 radical (unpaired) electrons. The van der Waals surface area contributed by atoms with Gasteiger partial charge in [-0.1, -0.05) is 30.3 Å². The van der Waals surface area contributed by atoms with E-state index in [4.69, 9.17) is 4.74 Å². The van der Waals surface area contributed by atoms with Crippen LogP contribution in [0, 0.1) is 0 Å². The van der Waals surface area contributed by atoms with Crippen LogP contribution in [0.1, 0.15) is 25.5 Å². The van der Waals surface area contributed by atoms with Crippen molar-refractivity contribution in [2.24, 2.45) is 0 Å². The summed E-state index contributed by atoms with van der Waals surface area (Å²) in [4.78, 5) is 24.6. The molecule has 4 nitrogen and oxygen atoms in total. The topological polar surface area (TPSA) is 46.6 Å². The highest BCUT2D eigenvalue weighted by Crippen LogP contribution is 2.39. The highest BCUT2D eigenvalue weighted by molar-refractivity contribution is 5.97. The number of carbonyl (C=O) groups is 2. The normalized spacial score (nSPS) is 18.1. The summed E-state index contributed by atoms with van der Waals surface area (Å²) in [5.41, 5.74) is 0.882. The zero-order chi connectivity index (χ0) is 13.6. The van der Waals surface area contributed by atoms with Crippen LogP contribution in [0.3, 0.4) is 0 Å². The molecule has 0 saturated carbocycles. The Bertz CT molecular complexity index is 693. The van der Waals surface area contributed by atoms with Crippen LogP contribution < -0.4 is 4.74 Å². The van der Waals surface area contributed by atoms with E-state index in [2.05, 4.69) is 0 Å². The number of rotatable bonds is 0. The van der Waals surface area contributed by atoms with Gasteiger partial charge in [0.05, 0.1) is 6.04 Å². The van der Waals surface area contributed by atoms with Gasteiger partial charge >= 0.3 is 6.09 Å². The summed E-state index contributed by atoms with van der Waals surface area (Å²) in [6.45, 7) is 3.21. The second-order valence-electron chi connectivity index (χ2n) is 4.63. The fraction of sp³-hybridized carbons (Fsp3) is 0.200. The van der Waals surface area contributed by atoms with Gasteiger partial charge in [0.1, 0.15) is 5.75 Å². The second-order valence-corrected chi connectivity index (χ2v) is 4.63. The van der Waals surface area contributed by atoms with E-state index in [1.807, 2.05) is 37.3 Å². The molecule has 0 spiro atoms. The number of hydrogen-bond donors (Lipinski definition) is 0. The van der Waals surface area contributed by atoms with Gasteiger partial charge in [-0.25, -0.2) is 9.69 Å². The molecule has 0 N–H and O–H groups in total. The van der Waals surface area contributed by atoms with Crippen LogP contribution >= 0.6 is 0 Å². The SMILES string of the molecule is CC(=O)N1C(=O)Oc2ccc3ccccc3c2C1C. The molecule has 0 saturated heterocycles. The average molecular weight is 255 g/mol. The Kier molecular flexibility index (Phi) is 2.52. The molecule has 2 aromatic carbocycles. The number of fused-ring (bicyclic) bond motifs is 3. The van der Waals surface area contributed by atoms with Crippen LogP contribution in [-0.4, -0.2) is 16.9 Å². The summed E-state index contributed by atoms with van der Waals surface area (Å²) in [5.74, 6) is 0.227. The van der Waals surface area contributed by atoms with Gasteiger partial charge < -0.3 is 4.74 Å². The number of benzene rings is 2. The van der Waals surface area contributed by atoms with Gasteiger partial charge in [-0.3, -0.25) is 4.79 Å². The molecule has 2 amide bonds. The Morgan fingerprint density at radius 1 is 1.21 bits per heavy atom. The minimum Gasteiger partial charge on any atom is -0.409 e. The molecular formula is C15H13NO3. The van der Waals surface area contributed by atoms with Crippen LogP contribution in [0.4, 0.5) is 4.79 Å². The van der Waals surface area contributed by atoms with Crippen LogP contribution in [0.2, 0.25) is 0 Å². The van der Waals surface area contributed by atoms with E-state index >= 15 is 0 Å². The van der Waals surface area contributed by atoms with E-state index in [0.29, 0.717) is 5.75 Å². The Labute approximate surface area is 110 Å². The van der Waals surface area contributed by atoms with Crippen LogP contribution in [0.5, 0.6) is 5.75 Å². The van der Waals surface area contributed by atoms with Crippen molar-refractivity contribution in [3.8, 4) is 5.75 Å². The van der Waals surface area contributed by atoms with Crippen molar-refractivity contribution in [1.29, 1.82) is 0 Å². The van der Waals surface area contributed by atoms with E-state index in [9.17, 15) is 9.59 Å². The molecule has 1 aliphatic rings. The van der Waals surface area contributed by atoms with E-state index in [1.165, 1.54) is 6.92 Å². The molecule has 3 rings (SSSR count). The molecule has 1 unspecified atom stereocenters. The molecule has 1 heterocycles. The zero-order valence-corrected chi connectivity index (χ0v) is 10.7. The van der Waals surface area contributed by atoms with Gasteiger partial charge in [0.25, 0.3) is 0 Å². The van der Waals surface area contributed by atoms with Crippen molar-refractivity contribution in [3.63, 3.8) is 0 Å². The van der Waals surface area contributed by atoms with Crippen molar-refractivity contribution >= 4 is 22.8 Å². The molecule has 4 heteroatoms. The largest absolute Gasteiger partial charge is 0.422 e. The van der Waals surface area contributed by atoms with Gasteiger partial charge in [0, 0.05) is 12.5 Å². The number of amides is 2. The van der Waals surface area contributed by atoms with E-state index in [0.717, 1.165) is 21.2 Å².